The van der Waals surface area contributed by atoms with E-state index in [4.69, 9.17) is 11.0 Å². The van der Waals surface area contributed by atoms with E-state index < -0.39 is 0 Å². The Morgan fingerprint density at radius 1 is 1.56 bits per heavy atom. The molecule has 1 amide bonds. The number of nitrogens with one attached hydrogen (secondary N) is 1. The molecule has 0 heterocycles. The number of carbonyl (C=O) groups is 1. The molecule has 0 aromatic heterocycles. The number of nitrogen functional groups attached to an aromatic ring is 1. The Balaban J connectivity index is 2.52. The molecule has 1 rings (SSSR count). The second-order valence-electron chi connectivity index (χ2n) is 4.26. The summed E-state index contributed by atoms with van der Waals surface area (Å²) in [5, 5.41) is 11.3. The number of nitriles is 1. The average Bonchev–Trinajstić information content (AvgIpc) is 2.32. The molecule has 0 saturated carbocycles. The van der Waals surface area contributed by atoms with Crippen LogP contribution >= 0.6 is 0 Å². The molecule has 0 fully saturated rings. The molecule has 0 aliphatic rings. The highest BCUT2D eigenvalue weighted by Gasteiger charge is 2.13. The Bertz CT molecular complexity index is 453. The van der Waals surface area contributed by atoms with Crippen LogP contribution in [0.3, 0.4) is 0 Å². The highest BCUT2D eigenvalue weighted by atomic mass is 16.2. The lowest BCUT2D eigenvalue weighted by molar-refractivity contribution is -0.117. The first kappa shape index (κ1) is 14.0. The van der Waals surface area contributed by atoms with Gasteiger partial charge in [-0.25, -0.2) is 0 Å². The first-order valence-corrected chi connectivity index (χ1v) is 5.76. The standard InChI is InChI=1S/C13H18N4O/c1-10(7-8-14)17(2)9-13(18)16-12-6-4-3-5-11(12)15/h3-6,10H,7,9,15H2,1-2H3,(H,16,18). The quantitative estimate of drug-likeness (QED) is 0.770. The molecular formula is C13H18N4O. The van der Waals surface area contributed by atoms with Gasteiger partial charge in [0.25, 0.3) is 0 Å². The van der Waals surface area contributed by atoms with Crippen molar-refractivity contribution in [1.82, 2.24) is 4.90 Å². The molecule has 0 bridgehead atoms. The van der Waals surface area contributed by atoms with Crippen LogP contribution in [0, 0.1) is 11.3 Å². The lowest BCUT2D eigenvalue weighted by Crippen LogP contribution is -2.36. The summed E-state index contributed by atoms with van der Waals surface area (Å²) in [5.41, 5.74) is 6.89. The van der Waals surface area contributed by atoms with Gasteiger partial charge in [0.1, 0.15) is 0 Å². The summed E-state index contributed by atoms with van der Waals surface area (Å²) in [4.78, 5) is 13.6. The number of rotatable bonds is 5. The van der Waals surface area contributed by atoms with Crippen LogP contribution in [0.5, 0.6) is 0 Å². The Labute approximate surface area is 107 Å². The third-order valence-corrected chi connectivity index (χ3v) is 2.77. The van der Waals surface area contributed by atoms with Crippen LogP contribution < -0.4 is 11.1 Å². The van der Waals surface area contributed by atoms with Gasteiger partial charge in [-0.15, -0.1) is 0 Å². The Morgan fingerprint density at radius 2 is 2.22 bits per heavy atom. The van der Waals surface area contributed by atoms with E-state index >= 15 is 0 Å². The van der Waals surface area contributed by atoms with Gasteiger partial charge < -0.3 is 11.1 Å². The van der Waals surface area contributed by atoms with Crippen LogP contribution in [0.2, 0.25) is 0 Å². The van der Waals surface area contributed by atoms with Crippen molar-refractivity contribution < 1.29 is 4.79 Å². The first-order valence-electron chi connectivity index (χ1n) is 5.76. The number of anilines is 2. The molecule has 0 spiro atoms. The topological polar surface area (TPSA) is 82.2 Å². The van der Waals surface area contributed by atoms with Gasteiger partial charge in [0.15, 0.2) is 0 Å². The number of nitrogens with two attached hydrogens (primary N) is 1. The van der Waals surface area contributed by atoms with Crippen molar-refractivity contribution in [3.8, 4) is 6.07 Å². The van der Waals surface area contributed by atoms with Crippen molar-refractivity contribution in [1.29, 1.82) is 5.26 Å². The van der Waals surface area contributed by atoms with E-state index in [2.05, 4.69) is 11.4 Å². The molecule has 5 nitrogen and oxygen atoms in total. The lowest BCUT2D eigenvalue weighted by atomic mass is 10.2. The zero-order valence-corrected chi connectivity index (χ0v) is 10.7. The van der Waals surface area contributed by atoms with Crippen LogP contribution in [-0.2, 0) is 4.79 Å². The predicted molar refractivity (Wildman–Crippen MR) is 71.8 cm³/mol. The number of likely N-dealkylation sites (N-methyl/N-ethyl adjacent to an activating group) is 1. The molecule has 1 aromatic carbocycles. The van der Waals surface area contributed by atoms with Crippen LogP contribution in [0.1, 0.15) is 13.3 Å². The summed E-state index contributed by atoms with van der Waals surface area (Å²) in [6.45, 7) is 2.14. The number of hydrogen-bond donors (Lipinski definition) is 2. The van der Waals surface area contributed by atoms with Crippen molar-refractivity contribution in [2.45, 2.75) is 19.4 Å². The minimum absolute atomic E-state index is 0.0499. The normalized spacial score (nSPS) is 11.9. The smallest absolute Gasteiger partial charge is 0.238 e. The molecule has 1 aromatic rings. The summed E-state index contributed by atoms with van der Waals surface area (Å²) >= 11 is 0. The minimum atomic E-state index is -0.139. The highest BCUT2D eigenvalue weighted by Crippen LogP contribution is 2.16. The lowest BCUT2D eigenvalue weighted by Gasteiger charge is -2.21. The van der Waals surface area contributed by atoms with Gasteiger partial charge in [0.2, 0.25) is 5.91 Å². The fraction of sp³-hybridized carbons (Fsp3) is 0.385. The van der Waals surface area contributed by atoms with E-state index in [1.54, 1.807) is 12.1 Å². The van der Waals surface area contributed by atoms with Gasteiger partial charge >= 0.3 is 0 Å². The van der Waals surface area contributed by atoms with Gasteiger partial charge in [-0.1, -0.05) is 12.1 Å². The van der Waals surface area contributed by atoms with Crippen LogP contribution in [-0.4, -0.2) is 30.4 Å². The molecule has 0 aliphatic carbocycles. The zero-order valence-electron chi connectivity index (χ0n) is 10.7. The summed E-state index contributed by atoms with van der Waals surface area (Å²) in [5.74, 6) is -0.139. The van der Waals surface area contributed by atoms with Crippen LogP contribution in [0.25, 0.3) is 0 Å². The van der Waals surface area contributed by atoms with Crippen molar-refractivity contribution in [3.63, 3.8) is 0 Å². The molecular weight excluding hydrogens is 228 g/mol. The zero-order chi connectivity index (χ0) is 13.5. The predicted octanol–water partition coefficient (Wildman–Crippen LogP) is 1.44. The summed E-state index contributed by atoms with van der Waals surface area (Å²) in [6, 6.07) is 9.25. The molecule has 18 heavy (non-hydrogen) atoms. The van der Waals surface area contributed by atoms with E-state index in [9.17, 15) is 4.79 Å². The van der Waals surface area contributed by atoms with Crippen molar-refractivity contribution in [2.24, 2.45) is 0 Å². The largest absolute Gasteiger partial charge is 0.397 e. The average molecular weight is 246 g/mol. The Morgan fingerprint density at radius 3 is 2.83 bits per heavy atom. The first-order chi connectivity index (χ1) is 8.54. The van der Waals surface area contributed by atoms with E-state index in [1.807, 2.05) is 31.0 Å². The van der Waals surface area contributed by atoms with Crippen LogP contribution in [0.15, 0.2) is 24.3 Å². The molecule has 5 heteroatoms. The Kier molecular flexibility index (Phi) is 5.15. The number of carbonyl (C=O) groups excluding carboxylic acids is 1. The fourth-order valence-corrected chi connectivity index (χ4v) is 1.47. The maximum absolute atomic E-state index is 11.8. The van der Waals surface area contributed by atoms with E-state index in [-0.39, 0.29) is 18.5 Å². The summed E-state index contributed by atoms with van der Waals surface area (Å²) in [7, 11) is 1.82. The van der Waals surface area contributed by atoms with Gasteiger partial charge in [-0.3, -0.25) is 9.69 Å². The van der Waals surface area contributed by atoms with Gasteiger partial charge in [0.05, 0.1) is 30.4 Å². The number of benzene rings is 1. The maximum Gasteiger partial charge on any atom is 0.238 e. The van der Waals surface area contributed by atoms with Gasteiger partial charge in [0, 0.05) is 6.04 Å². The second-order valence-corrected chi connectivity index (χ2v) is 4.26. The van der Waals surface area contributed by atoms with Crippen LogP contribution in [0.4, 0.5) is 11.4 Å². The molecule has 0 aliphatic heterocycles. The fourth-order valence-electron chi connectivity index (χ4n) is 1.47. The second kappa shape index (κ2) is 6.62. The third-order valence-electron chi connectivity index (χ3n) is 2.77. The Hall–Kier alpha value is -2.06. The SMILES string of the molecule is CC(CC#N)N(C)CC(=O)Nc1ccccc1N. The summed E-state index contributed by atoms with van der Waals surface area (Å²) < 4.78 is 0. The van der Waals surface area contributed by atoms with Gasteiger partial charge in [-0.05, 0) is 26.1 Å². The van der Waals surface area contributed by atoms with E-state index in [0.717, 1.165) is 0 Å². The number of para-hydroxylation sites is 2. The van der Waals surface area contributed by atoms with E-state index in [1.165, 1.54) is 0 Å². The molecule has 1 unspecified atom stereocenters. The van der Waals surface area contributed by atoms with Crippen molar-refractivity contribution in [2.75, 3.05) is 24.6 Å². The maximum atomic E-state index is 11.8. The monoisotopic (exact) mass is 246 g/mol. The van der Waals surface area contributed by atoms with Crippen molar-refractivity contribution in [3.05, 3.63) is 24.3 Å². The minimum Gasteiger partial charge on any atom is -0.397 e. The van der Waals surface area contributed by atoms with E-state index in [0.29, 0.717) is 17.8 Å². The van der Waals surface area contributed by atoms with Crippen molar-refractivity contribution >= 4 is 17.3 Å². The molecule has 0 radical (unpaired) electrons. The highest BCUT2D eigenvalue weighted by molar-refractivity contribution is 5.95. The molecule has 0 saturated heterocycles. The van der Waals surface area contributed by atoms with Gasteiger partial charge in [-0.2, -0.15) is 5.26 Å². The molecule has 3 N–H and O–H groups in total. The number of nitrogens with zero attached hydrogens (tertiary/aromatic N) is 2. The third kappa shape index (κ3) is 4.07. The number of hydrogen-bond acceptors (Lipinski definition) is 4. The molecule has 1 atom stereocenters. The summed E-state index contributed by atoms with van der Waals surface area (Å²) in [6.07, 6.45) is 0.400. The molecule has 96 valence electrons. The number of amides is 1.